The largest absolute Gasteiger partial charge is 0.298 e. The summed E-state index contributed by atoms with van der Waals surface area (Å²) in [6.07, 6.45) is 3.28. The molecular weight excluding hydrogens is 295 g/mol. The SMILES string of the molecule is Cc1cc(-c2nn(CCS(C)(=O)=O)cc2C=O)ccc1F. The van der Waals surface area contributed by atoms with Gasteiger partial charge in [0.25, 0.3) is 0 Å². The summed E-state index contributed by atoms with van der Waals surface area (Å²) >= 11 is 0. The molecule has 0 aliphatic heterocycles. The number of benzene rings is 1. The minimum Gasteiger partial charge on any atom is -0.298 e. The van der Waals surface area contributed by atoms with Crippen LogP contribution in [0.15, 0.2) is 24.4 Å². The molecule has 0 aliphatic carbocycles. The first-order chi connectivity index (χ1) is 9.80. The normalized spacial score (nSPS) is 11.6. The molecule has 112 valence electrons. The van der Waals surface area contributed by atoms with Gasteiger partial charge in [-0.3, -0.25) is 9.48 Å². The van der Waals surface area contributed by atoms with Crippen LogP contribution in [0.5, 0.6) is 0 Å². The Labute approximate surface area is 122 Å². The number of sulfone groups is 1. The summed E-state index contributed by atoms with van der Waals surface area (Å²) in [7, 11) is -3.11. The van der Waals surface area contributed by atoms with Gasteiger partial charge in [-0.25, -0.2) is 12.8 Å². The van der Waals surface area contributed by atoms with Gasteiger partial charge in [-0.2, -0.15) is 5.10 Å². The van der Waals surface area contributed by atoms with Gasteiger partial charge >= 0.3 is 0 Å². The predicted octanol–water partition coefficient (Wildman–Crippen LogP) is 1.85. The van der Waals surface area contributed by atoms with Crippen LogP contribution in [0.25, 0.3) is 11.3 Å². The summed E-state index contributed by atoms with van der Waals surface area (Å²) in [6.45, 7) is 1.79. The maximum absolute atomic E-state index is 13.3. The zero-order valence-corrected chi connectivity index (χ0v) is 12.5. The summed E-state index contributed by atoms with van der Waals surface area (Å²) < 4.78 is 37.0. The number of aryl methyl sites for hydroxylation is 2. The van der Waals surface area contributed by atoms with E-state index >= 15 is 0 Å². The molecule has 0 atom stereocenters. The second-order valence-corrected chi connectivity index (χ2v) is 7.17. The monoisotopic (exact) mass is 310 g/mol. The maximum Gasteiger partial charge on any atom is 0.153 e. The van der Waals surface area contributed by atoms with Crippen LogP contribution in [0.1, 0.15) is 15.9 Å². The zero-order valence-electron chi connectivity index (χ0n) is 11.7. The van der Waals surface area contributed by atoms with Gasteiger partial charge in [0, 0.05) is 18.0 Å². The Kier molecular flexibility index (Phi) is 4.22. The lowest BCUT2D eigenvalue weighted by atomic mass is 10.1. The molecule has 0 amide bonds. The van der Waals surface area contributed by atoms with Crippen LogP contribution in [-0.4, -0.2) is 36.5 Å². The molecule has 1 heterocycles. The highest BCUT2D eigenvalue weighted by Gasteiger charge is 2.13. The van der Waals surface area contributed by atoms with Crippen molar-refractivity contribution in [2.45, 2.75) is 13.5 Å². The summed E-state index contributed by atoms with van der Waals surface area (Å²) in [5.41, 5.74) is 1.83. The lowest BCUT2D eigenvalue weighted by molar-refractivity contribution is 0.112. The molecule has 2 rings (SSSR count). The molecule has 0 fully saturated rings. The Hall–Kier alpha value is -2.02. The van der Waals surface area contributed by atoms with E-state index in [2.05, 4.69) is 5.10 Å². The van der Waals surface area contributed by atoms with Crippen molar-refractivity contribution in [2.24, 2.45) is 0 Å². The van der Waals surface area contributed by atoms with E-state index in [1.54, 1.807) is 19.1 Å². The lowest BCUT2D eigenvalue weighted by Gasteiger charge is -2.02. The fourth-order valence-corrected chi connectivity index (χ4v) is 2.43. The highest BCUT2D eigenvalue weighted by molar-refractivity contribution is 7.90. The second kappa shape index (κ2) is 5.77. The molecule has 7 heteroatoms. The third kappa shape index (κ3) is 3.75. The first-order valence-electron chi connectivity index (χ1n) is 6.27. The molecule has 0 N–H and O–H groups in total. The van der Waals surface area contributed by atoms with E-state index in [4.69, 9.17) is 0 Å². The van der Waals surface area contributed by atoms with Crippen molar-refractivity contribution in [1.29, 1.82) is 0 Å². The average Bonchev–Trinajstić information content (AvgIpc) is 2.82. The Morgan fingerprint density at radius 1 is 1.38 bits per heavy atom. The summed E-state index contributed by atoms with van der Waals surface area (Å²) in [4.78, 5) is 11.1. The van der Waals surface area contributed by atoms with Gasteiger partial charge in [-0.15, -0.1) is 0 Å². The summed E-state index contributed by atoms with van der Waals surface area (Å²) in [5.74, 6) is -0.391. The van der Waals surface area contributed by atoms with Crippen molar-refractivity contribution in [3.8, 4) is 11.3 Å². The molecule has 1 aromatic heterocycles. The highest BCUT2D eigenvalue weighted by atomic mass is 32.2. The van der Waals surface area contributed by atoms with Crippen LogP contribution in [0.3, 0.4) is 0 Å². The molecule has 21 heavy (non-hydrogen) atoms. The van der Waals surface area contributed by atoms with Gasteiger partial charge < -0.3 is 0 Å². The summed E-state index contributed by atoms with van der Waals surface area (Å²) in [5, 5.41) is 4.22. The van der Waals surface area contributed by atoms with Crippen molar-refractivity contribution in [1.82, 2.24) is 9.78 Å². The van der Waals surface area contributed by atoms with E-state index in [1.807, 2.05) is 0 Å². The van der Waals surface area contributed by atoms with E-state index < -0.39 is 9.84 Å². The van der Waals surface area contributed by atoms with E-state index in [1.165, 1.54) is 16.9 Å². The maximum atomic E-state index is 13.3. The van der Waals surface area contributed by atoms with Crippen LogP contribution in [-0.2, 0) is 16.4 Å². The first-order valence-corrected chi connectivity index (χ1v) is 8.33. The molecule has 0 radical (unpaired) electrons. The van der Waals surface area contributed by atoms with Gasteiger partial charge in [-0.1, -0.05) is 0 Å². The number of hydrogen-bond donors (Lipinski definition) is 0. The van der Waals surface area contributed by atoms with Crippen LogP contribution < -0.4 is 0 Å². The molecule has 0 unspecified atom stereocenters. The minimum absolute atomic E-state index is 0.0607. The molecule has 1 aromatic carbocycles. The third-order valence-corrected chi connectivity index (χ3v) is 3.96. The van der Waals surface area contributed by atoms with Gasteiger partial charge in [0.1, 0.15) is 21.3 Å². The Bertz CT molecular complexity index is 782. The van der Waals surface area contributed by atoms with Gasteiger partial charge in [0.15, 0.2) is 6.29 Å². The van der Waals surface area contributed by atoms with Crippen LogP contribution in [0, 0.1) is 12.7 Å². The van der Waals surface area contributed by atoms with Crippen molar-refractivity contribution in [3.63, 3.8) is 0 Å². The number of hydrogen-bond acceptors (Lipinski definition) is 4. The molecule has 0 bridgehead atoms. The number of rotatable bonds is 5. The van der Waals surface area contributed by atoms with Crippen molar-refractivity contribution >= 4 is 16.1 Å². The molecule has 2 aromatic rings. The fraction of sp³-hybridized carbons (Fsp3) is 0.286. The summed E-state index contributed by atoms with van der Waals surface area (Å²) in [6, 6.07) is 4.46. The Balaban J connectivity index is 2.37. The topological polar surface area (TPSA) is 69.0 Å². The van der Waals surface area contributed by atoms with Crippen molar-refractivity contribution in [2.75, 3.05) is 12.0 Å². The minimum atomic E-state index is -3.11. The number of aromatic nitrogens is 2. The molecular formula is C14H15FN2O3S. The molecule has 0 saturated carbocycles. The van der Waals surface area contributed by atoms with Crippen molar-refractivity contribution in [3.05, 3.63) is 41.3 Å². The predicted molar refractivity (Wildman–Crippen MR) is 77.5 cm³/mol. The smallest absolute Gasteiger partial charge is 0.153 e. The van der Waals surface area contributed by atoms with E-state index in [0.717, 1.165) is 6.26 Å². The standard InChI is InChI=1S/C14H15FN2O3S/c1-10-7-11(3-4-13(10)15)14-12(9-18)8-17(16-14)5-6-21(2,19)20/h3-4,7-9H,5-6H2,1-2H3. The van der Waals surface area contributed by atoms with Crippen molar-refractivity contribution < 1.29 is 17.6 Å². The lowest BCUT2D eigenvalue weighted by Crippen LogP contribution is -2.11. The van der Waals surface area contributed by atoms with Gasteiger partial charge in [0.05, 0.1) is 17.9 Å². The van der Waals surface area contributed by atoms with Gasteiger partial charge in [0.2, 0.25) is 0 Å². The Morgan fingerprint density at radius 2 is 2.10 bits per heavy atom. The molecule has 0 aliphatic rings. The number of carbonyl (C=O) groups is 1. The number of carbonyl (C=O) groups excluding carboxylic acids is 1. The number of nitrogens with zero attached hydrogens (tertiary/aromatic N) is 2. The van der Waals surface area contributed by atoms with Crippen LogP contribution in [0.2, 0.25) is 0 Å². The molecule has 0 spiro atoms. The van der Waals surface area contributed by atoms with E-state index in [0.29, 0.717) is 28.7 Å². The van der Waals surface area contributed by atoms with Gasteiger partial charge in [-0.05, 0) is 30.7 Å². The first kappa shape index (κ1) is 15.4. The zero-order chi connectivity index (χ0) is 15.6. The van der Waals surface area contributed by atoms with Crippen LogP contribution in [0.4, 0.5) is 4.39 Å². The molecule has 0 saturated heterocycles. The molecule has 5 nitrogen and oxygen atoms in total. The van der Waals surface area contributed by atoms with Crippen LogP contribution >= 0.6 is 0 Å². The van der Waals surface area contributed by atoms with E-state index in [-0.39, 0.29) is 18.1 Å². The second-order valence-electron chi connectivity index (χ2n) is 4.91. The highest BCUT2D eigenvalue weighted by Crippen LogP contribution is 2.23. The fourth-order valence-electron chi connectivity index (χ4n) is 1.91. The van der Waals surface area contributed by atoms with E-state index in [9.17, 15) is 17.6 Å². The third-order valence-electron chi connectivity index (χ3n) is 3.04. The number of aldehydes is 1. The Morgan fingerprint density at radius 3 is 2.67 bits per heavy atom. The number of halogens is 1. The quantitative estimate of drug-likeness (QED) is 0.790. The average molecular weight is 310 g/mol.